The highest BCUT2D eigenvalue weighted by atomic mass is 16.6. The molecule has 0 bridgehead atoms. The summed E-state index contributed by atoms with van der Waals surface area (Å²) in [5.41, 5.74) is -0.256. The fraction of sp³-hybridized carbons (Fsp3) is 0.500. The molecule has 2 atom stereocenters. The number of carboxylic acid groups (broad SMARTS) is 1. The number of aliphatic carboxylic acids is 1. The third kappa shape index (κ3) is 2.74. The summed E-state index contributed by atoms with van der Waals surface area (Å²) in [7, 11) is 0. The number of hydrogen-bond donors (Lipinski definition) is 2. The first-order valence-corrected chi connectivity index (χ1v) is 5.75. The lowest BCUT2D eigenvalue weighted by Crippen LogP contribution is -2.42. The van der Waals surface area contributed by atoms with Crippen molar-refractivity contribution in [2.45, 2.75) is 25.1 Å². The molecule has 108 valence electrons. The van der Waals surface area contributed by atoms with Crippen molar-refractivity contribution in [2.24, 2.45) is 0 Å². The summed E-state index contributed by atoms with van der Waals surface area (Å²) in [5.74, 6) is -1.76. The molecular formula is C10H12N4O6. The Kier molecular flexibility index (Phi) is 3.66. The number of nitrogens with zero attached hydrogens (tertiary/aromatic N) is 4. The van der Waals surface area contributed by atoms with E-state index in [2.05, 4.69) is 5.10 Å². The molecule has 2 N–H and O–H groups in total. The Bertz CT molecular complexity index is 556. The third-order valence-electron chi connectivity index (χ3n) is 3.01. The monoisotopic (exact) mass is 284 g/mol. The molecule has 2 rings (SSSR count). The van der Waals surface area contributed by atoms with Crippen molar-refractivity contribution < 1.29 is 24.7 Å². The minimum Gasteiger partial charge on any atom is -0.480 e. The number of aliphatic hydroxyl groups is 1. The molecule has 1 aliphatic heterocycles. The number of carboxylic acids is 1. The molecule has 1 aromatic heterocycles. The fourth-order valence-corrected chi connectivity index (χ4v) is 2.09. The second kappa shape index (κ2) is 5.25. The van der Waals surface area contributed by atoms with E-state index in [1.165, 1.54) is 0 Å². The van der Waals surface area contributed by atoms with E-state index < -0.39 is 28.9 Å². The summed E-state index contributed by atoms with van der Waals surface area (Å²) in [6.45, 7) is -0.385. The van der Waals surface area contributed by atoms with Gasteiger partial charge in [-0.15, -0.1) is 0 Å². The van der Waals surface area contributed by atoms with Gasteiger partial charge in [0.15, 0.2) is 0 Å². The summed E-state index contributed by atoms with van der Waals surface area (Å²) >= 11 is 0. The molecule has 0 saturated carbocycles. The molecule has 0 aliphatic carbocycles. The first-order valence-electron chi connectivity index (χ1n) is 5.75. The van der Waals surface area contributed by atoms with Gasteiger partial charge in [0, 0.05) is 13.0 Å². The lowest BCUT2D eigenvalue weighted by atomic mass is 10.2. The molecule has 1 saturated heterocycles. The standard InChI is InChI=1S/C10H12N4O6/c15-7-1-8(10(17)18)13(4-7)9(16)5-12-3-6(2-11-12)14(19)20/h2-3,7-8,15H,1,4-5H2,(H,17,18). The Labute approximate surface area is 112 Å². The largest absolute Gasteiger partial charge is 0.480 e. The molecule has 10 heteroatoms. The quantitative estimate of drug-likeness (QED) is 0.525. The predicted molar refractivity (Wildman–Crippen MR) is 62.6 cm³/mol. The number of nitro groups is 1. The van der Waals surface area contributed by atoms with E-state index in [0.717, 1.165) is 22.0 Å². The van der Waals surface area contributed by atoms with E-state index >= 15 is 0 Å². The van der Waals surface area contributed by atoms with Crippen molar-refractivity contribution in [1.82, 2.24) is 14.7 Å². The van der Waals surface area contributed by atoms with Crippen molar-refractivity contribution in [3.63, 3.8) is 0 Å². The van der Waals surface area contributed by atoms with Gasteiger partial charge >= 0.3 is 11.7 Å². The smallest absolute Gasteiger partial charge is 0.326 e. The lowest BCUT2D eigenvalue weighted by Gasteiger charge is -2.20. The second-order valence-electron chi connectivity index (χ2n) is 4.44. The maximum absolute atomic E-state index is 12.0. The molecule has 1 aliphatic rings. The Morgan fingerprint density at radius 3 is 2.80 bits per heavy atom. The summed E-state index contributed by atoms with van der Waals surface area (Å²) in [6.07, 6.45) is 1.17. The van der Waals surface area contributed by atoms with Crippen LogP contribution in [-0.4, -0.2) is 60.4 Å². The van der Waals surface area contributed by atoms with Crippen molar-refractivity contribution in [1.29, 1.82) is 0 Å². The summed E-state index contributed by atoms with van der Waals surface area (Å²) < 4.78 is 1.06. The van der Waals surface area contributed by atoms with Crippen LogP contribution in [-0.2, 0) is 16.1 Å². The maximum atomic E-state index is 12.0. The molecule has 0 aromatic carbocycles. The third-order valence-corrected chi connectivity index (χ3v) is 3.01. The first-order chi connectivity index (χ1) is 9.38. The molecule has 20 heavy (non-hydrogen) atoms. The van der Waals surface area contributed by atoms with Gasteiger partial charge in [0.25, 0.3) is 0 Å². The molecule has 0 spiro atoms. The summed E-state index contributed by atoms with van der Waals surface area (Å²) in [6, 6.07) is -1.08. The molecule has 0 radical (unpaired) electrons. The van der Waals surface area contributed by atoms with Crippen LogP contribution in [0.5, 0.6) is 0 Å². The molecule has 2 heterocycles. The molecule has 2 unspecified atom stereocenters. The van der Waals surface area contributed by atoms with Gasteiger partial charge in [-0.3, -0.25) is 19.6 Å². The van der Waals surface area contributed by atoms with Crippen LogP contribution in [0, 0.1) is 10.1 Å². The van der Waals surface area contributed by atoms with Gasteiger partial charge in [-0.1, -0.05) is 0 Å². The van der Waals surface area contributed by atoms with Crippen LogP contribution >= 0.6 is 0 Å². The van der Waals surface area contributed by atoms with Crippen LogP contribution in [0.2, 0.25) is 0 Å². The highest BCUT2D eigenvalue weighted by Gasteiger charge is 2.38. The number of aromatic nitrogens is 2. The number of carbonyl (C=O) groups excluding carboxylic acids is 1. The van der Waals surface area contributed by atoms with Crippen molar-refractivity contribution in [3.8, 4) is 0 Å². The fourth-order valence-electron chi connectivity index (χ4n) is 2.09. The molecular weight excluding hydrogens is 272 g/mol. The average Bonchev–Trinajstić information content (AvgIpc) is 2.95. The van der Waals surface area contributed by atoms with E-state index in [1.54, 1.807) is 0 Å². The number of β-amino-alcohol motifs (C(OH)–C–C–N with tert-alkyl or cyclic N) is 1. The highest BCUT2D eigenvalue weighted by Crippen LogP contribution is 2.19. The van der Waals surface area contributed by atoms with Gasteiger partial charge < -0.3 is 15.1 Å². The van der Waals surface area contributed by atoms with E-state index in [1.807, 2.05) is 0 Å². The first kappa shape index (κ1) is 13.9. The van der Waals surface area contributed by atoms with Gasteiger partial charge in [-0.25, -0.2) is 4.79 Å². The molecule has 1 fully saturated rings. The van der Waals surface area contributed by atoms with E-state index in [9.17, 15) is 24.8 Å². The molecule has 1 amide bonds. The SMILES string of the molecule is O=C(O)C1CC(O)CN1C(=O)Cn1cc([N+](=O)[O-])cn1. The number of hydrogen-bond acceptors (Lipinski definition) is 6. The van der Waals surface area contributed by atoms with E-state index in [0.29, 0.717) is 0 Å². The Morgan fingerprint density at radius 1 is 1.55 bits per heavy atom. The van der Waals surface area contributed by atoms with Crippen molar-refractivity contribution >= 4 is 17.6 Å². The van der Waals surface area contributed by atoms with Crippen LogP contribution < -0.4 is 0 Å². The van der Waals surface area contributed by atoms with Crippen LogP contribution in [0.4, 0.5) is 5.69 Å². The number of rotatable bonds is 4. The zero-order valence-corrected chi connectivity index (χ0v) is 10.2. The minimum absolute atomic E-state index is 0.0275. The van der Waals surface area contributed by atoms with Gasteiger partial charge in [-0.2, -0.15) is 5.10 Å². The highest BCUT2D eigenvalue weighted by molar-refractivity contribution is 5.84. The number of carbonyl (C=O) groups is 2. The van der Waals surface area contributed by atoms with E-state index in [-0.39, 0.29) is 25.2 Å². The van der Waals surface area contributed by atoms with Crippen LogP contribution in [0.3, 0.4) is 0 Å². The Morgan fingerprint density at radius 2 is 2.25 bits per heavy atom. The van der Waals surface area contributed by atoms with Crippen molar-refractivity contribution in [2.75, 3.05) is 6.54 Å². The number of likely N-dealkylation sites (tertiary alicyclic amines) is 1. The van der Waals surface area contributed by atoms with Gasteiger partial charge in [-0.05, 0) is 0 Å². The van der Waals surface area contributed by atoms with Gasteiger partial charge in [0.05, 0.1) is 11.0 Å². The number of amides is 1. The zero-order chi connectivity index (χ0) is 14.9. The van der Waals surface area contributed by atoms with E-state index in [4.69, 9.17) is 5.11 Å². The summed E-state index contributed by atoms with van der Waals surface area (Å²) in [5, 5.41) is 32.6. The topological polar surface area (TPSA) is 139 Å². The van der Waals surface area contributed by atoms with Crippen LogP contribution in [0.15, 0.2) is 12.4 Å². The van der Waals surface area contributed by atoms with Crippen molar-refractivity contribution in [3.05, 3.63) is 22.5 Å². The molecule has 1 aromatic rings. The maximum Gasteiger partial charge on any atom is 0.326 e. The molecule has 10 nitrogen and oxygen atoms in total. The van der Waals surface area contributed by atoms with Gasteiger partial charge in [0.2, 0.25) is 5.91 Å². The Hall–Kier alpha value is -2.49. The van der Waals surface area contributed by atoms with Gasteiger partial charge in [0.1, 0.15) is 25.0 Å². The number of aliphatic hydroxyl groups excluding tert-OH is 1. The zero-order valence-electron chi connectivity index (χ0n) is 10.2. The second-order valence-corrected chi connectivity index (χ2v) is 4.44. The predicted octanol–water partition coefficient (Wildman–Crippen LogP) is -1.16. The average molecular weight is 284 g/mol. The minimum atomic E-state index is -1.19. The normalized spacial score (nSPS) is 21.9. The van der Waals surface area contributed by atoms with Crippen LogP contribution in [0.1, 0.15) is 6.42 Å². The lowest BCUT2D eigenvalue weighted by molar-refractivity contribution is -0.385. The summed E-state index contributed by atoms with van der Waals surface area (Å²) in [4.78, 5) is 33.8. The van der Waals surface area contributed by atoms with Crippen LogP contribution in [0.25, 0.3) is 0 Å². The Balaban J connectivity index is 2.07.